The molecule has 8 heteroatoms. The van der Waals surface area contributed by atoms with Crippen LogP contribution in [0.3, 0.4) is 0 Å². The molecule has 1 aliphatic heterocycles. The maximum Gasteiger partial charge on any atom is 0.227 e. The quantitative estimate of drug-likeness (QED) is 0.623. The Morgan fingerprint density at radius 1 is 1.07 bits per heavy atom. The first-order valence-electron chi connectivity index (χ1n) is 10.2. The molecule has 0 N–H and O–H groups in total. The van der Waals surface area contributed by atoms with Crippen LogP contribution in [0.4, 0.5) is 4.39 Å². The zero-order valence-corrected chi connectivity index (χ0v) is 16.7. The van der Waals surface area contributed by atoms with Crippen LogP contribution in [0.2, 0.25) is 0 Å². The van der Waals surface area contributed by atoms with Crippen LogP contribution in [0.25, 0.3) is 11.4 Å². The summed E-state index contributed by atoms with van der Waals surface area (Å²) < 4.78 is 19.2. The van der Waals surface area contributed by atoms with Gasteiger partial charge in [-0.3, -0.25) is 14.7 Å². The predicted octanol–water partition coefficient (Wildman–Crippen LogP) is 2.94. The standard InChI is InChI=1S/C22H24FN5O2/c23-19-5-2-1-4-18(19)16-27-12-3-13-28(15-14-27)21(29)7-6-20-25-22(26-30-20)17-8-10-24-11-9-17/h1-2,4-5,8-11H,3,6-7,12-16H2. The normalized spacial score (nSPS) is 15.2. The van der Waals surface area contributed by atoms with Gasteiger partial charge in [0.05, 0.1) is 0 Å². The Kier molecular flexibility index (Phi) is 6.44. The smallest absolute Gasteiger partial charge is 0.227 e. The van der Waals surface area contributed by atoms with Crippen molar-refractivity contribution in [1.82, 2.24) is 24.9 Å². The highest BCUT2D eigenvalue weighted by Gasteiger charge is 2.20. The van der Waals surface area contributed by atoms with Crippen LogP contribution in [-0.2, 0) is 17.8 Å². The van der Waals surface area contributed by atoms with Crippen molar-refractivity contribution in [3.05, 3.63) is 66.1 Å². The second-order valence-electron chi connectivity index (χ2n) is 7.35. The van der Waals surface area contributed by atoms with Gasteiger partial charge in [-0.1, -0.05) is 23.4 Å². The Morgan fingerprint density at radius 3 is 2.73 bits per heavy atom. The lowest BCUT2D eigenvalue weighted by Crippen LogP contribution is -2.35. The van der Waals surface area contributed by atoms with E-state index in [-0.39, 0.29) is 11.7 Å². The van der Waals surface area contributed by atoms with Gasteiger partial charge in [-0.2, -0.15) is 4.98 Å². The average molecular weight is 409 g/mol. The van der Waals surface area contributed by atoms with Gasteiger partial charge < -0.3 is 9.42 Å². The Balaban J connectivity index is 1.27. The summed E-state index contributed by atoms with van der Waals surface area (Å²) in [5.41, 5.74) is 1.52. The lowest BCUT2D eigenvalue weighted by molar-refractivity contribution is -0.131. The Hall–Kier alpha value is -3.13. The summed E-state index contributed by atoms with van der Waals surface area (Å²) in [5, 5.41) is 3.97. The minimum absolute atomic E-state index is 0.0754. The van der Waals surface area contributed by atoms with Crippen molar-refractivity contribution in [1.29, 1.82) is 0 Å². The number of rotatable bonds is 6. The first-order chi connectivity index (χ1) is 14.7. The SMILES string of the molecule is O=C(CCc1nc(-c2ccncc2)no1)N1CCCN(Cc2ccccc2F)CC1. The molecule has 1 aromatic carbocycles. The predicted molar refractivity (Wildman–Crippen MR) is 109 cm³/mol. The van der Waals surface area contributed by atoms with Gasteiger partial charge in [-0.25, -0.2) is 4.39 Å². The zero-order valence-electron chi connectivity index (χ0n) is 16.7. The van der Waals surface area contributed by atoms with Crippen LogP contribution in [0.1, 0.15) is 24.3 Å². The van der Waals surface area contributed by atoms with E-state index < -0.39 is 0 Å². The van der Waals surface area contributed by atoms with Crippen molar-refractivity contribution in [3.8, 4) is 11.4 Å². The Bertz CT molecular complexity index is 978. The Morgan fingerprint density at radius 2 is 1.90 bits per heavy atom. The van der Waals surface area contributed by atoms with Gasteiger partial charge in [0, 0.05) is 69.1 Å². The monoisotopic (exact) mass is 409 g/mol. The molecule has 0 radical (unpaired) electrons. The zero-order chi connectivity index (χ0) is 20.8. The van der Waals surface area contributed by atoms with Crippen LogP contribution in [0, 0.1) is 5.82 Å². The van der Waals surface area contributed by atoms with Crippen LogP contribution in [0.15, 0.2) is 53.3 Å². The fourth-order valence-corrected chi connectivity index (χ4v) is 3.59. The summed E-state index contributed by atoms with van der Waals surface area (Å²) in [4.78, 5) is 25.1. The summed E-state index contributed by atoms with van der Waals surface area (Å²) in [6, 6.07) is 10.5. The maximum atomic E-state index is 13.9. The highest BCUT2D eigenvalue weighted by atomic mass is 19.1. The molecule has 156 valence electrons. The molecule has 1 aliphatic rings. The average Bonchev–Trinajstić information content (AvgIpc) is 3.13. The highest BCUT2D eigenvalue weighted by Crippen LogP contribution is 2.16. The van der Waals surface area contributed by atoms with E-state index >= 15 is 0 Å². The Labute approximate surface area is 174 Å². The van der Waals surface area contributed by atoms with Crippen molar-refractivity contribution in [3.63, 3.8) is 0 Å². The molecule has 1 amide bonds. The third kappa shape index (κ3) is 5.07. The number of hydrogen-bond donors (Lipinski definition) is 0. The van der Waals surface area contributed by atoms with E-state index in [0.29, 0.717) is 49.8 Å². The van der Waals surface area contributed by atoms with Crippen LogP contribution in [0.5, 0.6) is 0 Å². The minimum atomic E-state index is -0.180. The molecule has 0 aliphatic carbocycles. The number of hydrogen-bond acceptors (Lipinski definition) is 6. The first kappa shape index (κ1) is 20.2. The van der Waals surface area contributed by atoms with Crippen LogP contribution < -0.4 is 0 Å². The van der Waals surface area contributed by atoms with Gasteiger partial charge in [-0.05, 0) is 24.6 Å². The number of nitrogens with zero attached hydrogens (tertiary/aromatic N) is 5. The number of carbonyl (C=O) groups excluding carboxylic acids is 1. The van der Waals surface area contributed by atoms with E-state index in [0.717, 1.165) is 25.1 Å². The molecule has 7 nitrogen and oxygen atoms in total. The van der Waals surface area contributed by atoms with Gasteiger partial charge in [0.15, 0.2) is 0 Å². The molecular formula is C22H24FN5O2. The number of carbonyl (C=O) groups is 1. The van der Waals surface area contributed by atoms with Crippen molar-refractivity contribution < 1.29 is 13.7 Å². The summed E-state index contributed by atoms with van der Waals surface area (Å²) >= 11 is 0. The van der Waals surface area contributed by atoms with E-state index in [2.05, 4.69) is 20.0 Å². The van der Waals surface area contributed by atoms with Crippen LogP contribution in [-0.4, -0.2) is 57.0 Å². The molecule has 0 saturated carbocycles. The third-order valence-corrected chi connectivity index (χ3v) is 5.25. The van der Waals surface area contributed by atoms with Crippen LogP contribution >= 0.6 is 0 Å². The largest absolute Gasteiger partial charge is 0.341 e. The number of aromatic nitrogens is 3. The number of pyridine rings is 1. The molecule has 1 fully saturated rings. The van der Waals surface area contributed by atoms with Gasteiger partial charge in [0.25, 0.3) is 0 Å². The van der Waals surface area contributed by atoms with E-state index in [1.807, 2.05) is 29.2 Å². The molecule has 4 rings (SSSR count). The number of halogens is 1. The van der Waals surface area contributed by atoms with E-state index in [1.54, 1.807) is 18.5 Å². The van der Waals surface area contributed by atoms with E-state index in [1.165, 1.54) is 6.07 Å². The molecule has 0 unspecified atom stereocenters. The molecule has 2 aromatic heterocycles. The highest BCUT2D eigenvalue weighted by molar-refractivity contribution is 5.76. The van der Waals surface area contributed by atoms with E-state index in [9.17, 15) is 9.18 Å². The summed E-state index contributed by atoms with van der Waals surface area (Å²) in [5.74, 6) is 0.844. The number of benzene rings is 1. The van der Waals surface area contributed by atoms with Gasteiger partial charge in [-0.15, -0.1) is 0 Å². The molecule has 0 atom stereocenters. The van der Waals surface area contributed by atoms with Gasteiger partial charge in [0.2, 0.25) is 17.6 Å². The summed E-state index contributed by atoms with van der Waals surface area (Å²) in [6.45, 7) is 3.48. The summed E-state index contributed by atoms with van der Waals surface area (Å²) in [6.07, 6.45) is 4.94. The number of aryl methyl sites for hydroxylation is 1. The number of amides is 1. The third-order valence-electron chi connectivity index (χ3n) is 5.25. The van der Waals surface area contributed by atoms with Crippen molar-refractivity contribution in [2.75, 3.05) is 26.2 Å². The fraction of sp³-hybridized carbons (Fsp3) is 0.364. The molecular weight excluding hydrogens is 385 g/mol. The summed E-state index contributed by atoms with van der Waals surface area (Å²) in [7, 11) is 0. The van der Waals surface area contributed by atoms with Crippen molar-refractivity contribution in [2.45, 2.75) is 25.8 Å². The molecule has 3 heterocycles. The molecule has 0 spiro atoms. The van der Waals surface area contributed by atoms with E-state index in [4.69, 9.17) is 4.52 Å². The minimum Gasteiger partial charge on any atom is -0.341 e. The van der Waals surface area contributed by atoms with Gasteiger partial charge in [0.1, 0.15) is 5.82 Å². The van der Waals surface area contributed by atoms with Gasteiger partial charge >= 0.3 is 0 Å². The molecule has 1 saturated heterocycles. The molecule has 30 heavy (non-hydrogen) atoms. The topological polar surface area (TPSA) is 75.4 Å². The second-order valence-corrected chi connectivity index (χ2v) is 7.35. The lowest BCUT2D eigenvalue weighted by atomic mass is 10.2. The lowest BCUT2D eigenvalue weighted by Gasteiger charge is -2.22. The molecule has 3 aromatic rings. The fourth-order valence-electron chi connectivity index (χ4n) is 3.59. The second kappa shape index (κ2) is 9.58. The first-order valence-corrected chi connectivity index (χ1v) is 10.2. The van der Waals surface area contributed by atoms with Crippen molar-refractivity contribution in [2.24, 2.45) is 0 Å². The maximum absolute atomic E-state index is 13.9. The van der Waals surface area contributed by atoms with Crippen molar-refractivity contribution >= 4 is 5.91 Å². The molecule has 0 bridgehead atoms.